The molecule has 1 saturated heterocycles. The minimum absolute atomic E-state index is 0.273. The Balaban J connectivity index is 1.77. The maximum Gasteiger partial charge on any atom is 0.124 e. The van der Waals surface area contributed by atoms with Crippen molar-refractivity contribution in [3.05, 3.63) is 34.6 Å². The molecule has 0 amide bonds. The summed E-state index contributed by atoms with van der Waals surface area (Å²) >= 11 is 5.97. The number of nitrogens with one attached hydrogen (secondary N) is 2. The van der Waals surface area contributed by atoms with Gasteiger partial charge in [0.1, 0.15) is 5.82 Å². The normalized spacial score (nSPS) is 17.3. The van der Waals surface area contributed by atoms with E-state index in [4.69, 9.17) is 11.6 Å². The van der Waals surface area contributed by atoms with Gasteiger partial charge >= 0.3 is 0 Å². The predicted octanol–water partition coefficient (Wildman–Crippen LogP) is 2.36. The van der Waals surface area contributed by atoms with Crippen molar-refractivity contribution in [3.8, 4) is 0 Å². The van der Waals surface area contributed by atoms with Gasteiger partial charge in [-0.15, -0.1) is 0 Å². The largest absolute Gasteiger partial charge is 0.317 e. The summed E-state index contributed by atoms with van der Waals surface area (Å²) in [5.74, 6) is -0.273. The average molecular weight is 257 g/mol. The molecule has 2 rings (SSSR count). The molecular formula is C13H18ClFN2. The maximum absolute atomic E-state index is 12.9. The van der Waals surface area contributed by atoms with Crippen LogP contribution in [0.1, 0.15) is 18.4 Å². The van der Waals surface area contributed by atoms with Gasteiger partial charge in [0, 0.05) is 11.1 Å². The Labute approximate surface area is 107 Å². The van der Waals surface area contributed by atoms with Crippen molar-refractivity contribution < 1.29 is 4.39 Å². The van der Waals surface area contributed by atoms with Gasteiger partial charge < -0.3 is 10.6 Å². The minimum atomic E-state index is -0.273. The molecule has 1 aliphatic heterocycles. The fourth-order valence-corrected chi connectivity index (χ4v) is 2.42. The monoisotopic (exact) mass is 256 g/mol. The molecule has 0 bridgehead atoms. The van der Waals surface area contributed by atoms with Crippen LogP contribution in [0.2, 0.25) is 5.02 Å². The van der Waals surface area contributed by atoms with E-state index in [0.717, 1.165) is 31.6 Å². The van der Waals surface area contributed by atoms with Crippen LogP contribution in [0.25, 0.3) is 0 Å². The Hall–Kier alpha value is -0.640. The molecule has 0 aliphatic carbocycles. The highest BCUT2D eigenvalue weighted by Crippen LogP contribution is 2.17. The number of hydrogen-bond acceptors (Lipinski definition) is 2. The van der Waals surface area contributed by atoms with E-state index in [0.29, 0.717) is 11.1 Å². The first kappa shape index (κ1) is 12.8. The molecule has 94 valence electrons. The molecule has 2 N–H and O–H groups in total. The van der Waals surface area contributed by atoms with Crippen LogP contribution in [0, 0.1) is 5.82 Å². The summed E-state index contributed by atoms with van der Waals surface area (Å²) in [6.07, 6.45) is 3.21. The molecule has 0 unspecified atom stereocenters. The number of benzene rings is 1. The van der Waals surface area contributed by atoms with E-state index in [1.807, 2.05) is 0 Å². The molecule has 0 aromatic heterocycles. The lowest BCUT2D eigenvalue weighted by molar-refractivity contribution is 0.389. The molecule has 1 aliphatic rings. The van der Waals surface area contributed by atoms with E-state index < -0.39 is 0 Å². The van der Waals surface area contributed by atoms with Gasteiger partial charge in [-0.05, 0) is 56.6 Å². The highest BCUT2D eigenvalue weighted by molar-refractivity contribution is 6.31. The zero-order valence-electron chi connectivity index (χ0n) is 9.81. The highest BCUT2D eigenvalue weighted by atomic mass is 35.5. The van der Waals surface area contributed by atoms with Crippen molar-refractivity contribution in [2.45, 2.75) is 25.3 Å². The van der Waals surface area contributed by atoms with Crippen LogP contribution >= 0.6 is 11.6 Å². The summed E-state index contributed by atoms with van der Waals surface area (Å²) in [7, 11) is 0. The molecule has 1 aromatic rings. The van der Waals surface area contributed by atoms with Crippen LogP contribution in [-0.2, 0) is 6.42 Å². The molecule has 0 radical (unpaired) electrons. The van der Waals surface area contributed by atoms with E-state index in [9.17, 15) is 4.39 Å². The maximum atomic E-state index is 12.9. The summed E-state index contributed by atoms with van der Waals surface area (Å²) in [5, 5.41) is 7.38. The van der Waals surface area contributed by atoms with Crippen LogP contribution in [0.3, 0.4) is 0 Å². The summed E-state index contributed by atoms with van der Waals surface area (Å²) in [6, 6.07) is 5.21. The van der Waals surface area contributed by atoms with E-state index in [2.05, 4.69) is 10.6 Å². The molecule has 1 aromatic carbocycles. The highest BCUT2D eigenvalue weighted by Gasteiger charge is 2.11. The van der Waals surface area contributed by atoms with Crippen molar-refractivity contribution in [1.29, 1.82) is 0 Å². The standard InChI is InChI=1S/C13H18ClFN2/c14-13-9-11(15)2-1-10(13)3-8-17-12-4-6-16-7-5-12/h1-2,9,12,16-17H,3-8H2. The Kier molecular flexibility index (Phi) is 4.77. The van der Waals surface area contributed by atoms with Gasteiger partial charge in [-0.1, -0.05) is 17.7 Å². The zero-order chi connectivity index (χ0) is 12.1. The Morgan fingerprint density at radius 3 is 2.82 bits per heavy atom. The third-order valence-electron chi connectivity index (χ3n) is 3.18. The van der Waals surface area contributed by atoms with Crippen LogP contribution in [0.15, 0.2) is 18.2 Å². The second kappa shape index (κ2) is 6.34. The van der Waals surface area contributed by atoms with E-state index in [1.165, 1.54) is 25.0 Å². The lowest BCUT2D eigenvalue weighted by atomic mass is 10.1. The van der Waals surface area contributed by atoms with Gasteiger partial charge in [0.2, 0.25) is 0 Å². The van der Waals surface area contributed by atoms with Crippen LogP contribution in [-0.4, -0.2) is 25.7 Å². The average Bonchev–Trinajstić information content (AvgIpc) is 2.33. The second-order valence-corrected chi connectivity index (χ2v) is 4.87. The molecule has 1 heterocycles. The topological polar surface area (TPSA) is 24.1 Å². The number of hydrogen-bond donors (Lipinski definition) is 2. The summed E-state index contributed by atoms with van der Waals surface area (Å²) in [6.45, 7) is 3.08. The van der Waals surface area contributed by atoms with Crippen molar-refractivity contribution in [1.82, 2.24) is 10.6 Å². The first-order valence-electron chi connectivity index (χ1n) is 6.14. The van der Waals surface area contributed by atoms with Crippen molar-refractivity contribution in [2.24, 2.45) is 0 Å². The van der Waals surface area contributed by atoms with Gasteiger partial charge in [0.15, 0.2) is 0 Å². The molecule has 17 heavy (non-hydrogen) atoms. The van der Waals surface area contributed by atoms with E-state index in [1.54, 1.807) is 6.07 Å². The SMILES string of the molecule is Fc1ccc(CCNC2CCNCC2)c(Cl)c1. The Morgan fingerprint density at radius 2 is 2.12 bits per heavy atom. The van der Waals surface area contributed by atoms with Gasteiger partial charge in [-0.2, -0.15) is 0 Å². The van der Waals surface area contributed by atoms with Gasteiger partial charge in [0.05, 0.1) is 0 Å². The summed E-state index contributed by atoms with van der Waals surface area (Å²) < 4.78 is 12.9. The third kappa shape index (κ3) is 3.95. The van der Waals surface area contributed by atoms with Gasteiger partial charge in [-0.25, -0.2) is 4.39 Å². The second-order valence-electron chi connectivity index (χ2n) is 4.46. The van der Waals surface area contributed by atoms with E-state index in [-0.39, 0.29) is 5.82 Å². The van der Waals surface area contributed by atoms with Gasteiger partial charge in [-0.3, -0.25) is 0 Å². The minimum Gasteiger partial charge on any atom is -0.317 e. The predicted molar refractivity (Wildman–Crippen MR) is 69.0 cm³/mol. The number of rotatable bonds is 4. The molecule has 0 spiro atoms. The van der Waals surface area contributed by atoms with Crippen LogP contribution in [0.5, 0.6) is 0 Å². The fraction of sp³-hybridized carbons (Fsp3) is 0.538. The number of piperidine rings is 1. The van der Waals surface area contributed by atoms with Crippen molar-refractivity contribution >= 4 is 11.6 Å². The molecule has 0 atom stereocenters. The van der Waals surface area contributed by atoms with Crippen molar-refractivity contribution in [3.63, 3.8) is 0 Å². The number of halogens is 2. The zero-order valence-corrected chi connectivity index (χ0v) is 10.6. The Bertz CT molecular complexity index is 364. The molecule has 1 fully saturated rings. The molecule has 2 nitrogen and oxygen atoms in total. The van der Waals surface area contributed by atoms with Gasteiger partial charge in [0.25, 0.3) is 0 Å². The first-order chi connectivity index (χ1) is 8.25. The van der Waals surface area contributed by atoms with Crippen molar-refractivity contribution in [2.75, 3.05) is 19.6 Å². The lowest BCUT2D eigenvalue weighted by Crippen LogP contribution is -2.40. The first-order valence-corrected chi connectivity index (χ1v) is 6.51. The summed E-state index contributed by atoms with van der Waals surface area (Å²) in [4.78, 5) is 0. The Morgan fingerprint density at radius 1 is 1.35 bits per heavy atom. The van der Waals surface area contributed by atoms with Crippen LogP contribution in [0.4, 0.5) is 4.39 Å². The molecular weight excluding hydrogens is 239 g/mol. The lowest BCUT2D eigenvalue weighted by Gasteiger charge is -2.23. The smallest absolute Gasteiger partial charge is 0.124 e. The molecule has 4 heteroatoms. The quantitative estimate of drug-likeness (QED) is 0.864. The van der Waals surface area contributed by atoms with E-state index >= 15 is 0 Å². The molecule has 0 saturated carbocycles. The summed E-state index contributed by atoms with van der Waals surface area (Å²) in [5.41, 5.74) is 1.01. The fourth-order valence-electron chi connectivity index (χ4n) is 2.16. The third-order valence-corrected chi connectivity index (χ3v) is 3.53. The van der Waals surface area contributed by atoms with Crippen LogP contribution < -0.4 is 10.6 Å².